The molecule has 4 fully saturated rings. The highest BCUT2D eigenvalue weighted by atomic mass is 19.4. The van der Waals surface area contributed by atoms with Gasteiger partial charge in [-0.2, -0.15) is 13.2 Å². The number of methoxy groups -OCH3 is 1. The first-order valence-electron chi connectivity index (χ1n) is 18.1. The molecule has 9 nitrogen and oxygen atoms in total. The largest absolute Gasteiger partial charge is 0.490 e. The Kier molecular flexibility index (Phi) is 9.54. The van der Waals surface area contributed by atoms with Crippen LogP contribution in [-0.4, -0.2) is 81.8 Å². The van der Waals surface area contributed by atoms with Crippen LogP contribution in [0.15, 0.2) is 36.5 Å². The van der Waals surface area contributed by atoms with E-state index in [9.17, 15) is 36.6 Å². The molecule has 14 heteroatoms. The summed E-state index contributed by atoms with van der Waals surface area (Å²) in [6.07, 6.45) is 1.76. The average molecular weight is 733 g/mol. The van der Waals surface area contributed by atoms with Gasteiger partial charge in [0.05, 0.1) is 48.6 Å². The van der Waals surface area contributed by atoms with E-state index in [1.165, 1.54) is 6.07 Å². The Balaban J connectivity index is 1.16. The molecule has 3 aliphatic carbocycles. The molecule has 1 aromatic carbocycles. The van der Waals surface area contributed by atoms with Crippen LogP contribution in [-0.2, 0) is 15.7 Å². The summed E-state index contributed by atoms with van der Waals surface area (Å²) < 4.78 is 84.4. The minimum absolute atomic E-state index is 0.000648. The monoisotopic (exact) mass is 732 g/mol. The summed E-state index contributed by atoms with van der Waals surface area (Å²) in [5, 5.41) is 13.4. The minimum atomic E-state index is -5.00. The Morgan fingerprint density at radius 2 is 1.81 bits per heavy atom. The van der Waals surface area contributed by atoms with E-state index in [0.29, 0.717) is 41.7 Å². The number of ether oxygens (including phenoxy) is 2. The van der Waals surface area contributed by atoms with E-state index in [1.54, 1.807) is 25.4 Å². The molecule has 7 rings (SSSR count). The maximum atomic E-state index is 14.7. The number of nitrogens with one attached hydrogen (secondary N) is 1. The summed E-state index contributed by atoms with van der Waals surface area (Å²) in [6.45, 7) is 3.87. The van der Waals surface area contributed by atoms with Gasteiger partial charge in [0.25, 0.3) is 11.8 Å². The summed E-state index contributed by atoms with van der Waals surface area (Å²) in [4.78, 5) is 32.0. The molecule has 4 aliphatic rings. The van der Waals surface area contributed by atoms with Gasteiger partial charge in [-0.05, 0) is 100 Å². The number of carbonyl (C=O) groups is 2. The lowest BCUT2D eigenvalue weighted by Crippen LogP contribution is -2.60. The van der Waals surface area contributed by atoms with Gasteiger partial charge >= 0.3 is 12.1 Å². The molecule has 3 aromatic rings. The van der Waals surface area contributed by atoms with E-state index in [-0.39, 0.29) is 61.1 Å². The Morgan fingerprint density at radius 3 is 2.46 bits per heavy atom. The molecule has 0 radical (unpaired) electrons. The SMILES string of the molecule is COC[C@@H](C)n1cc(-c2ccc(C(=O)NC3(C(=O)O)CC4CC(C)CC3C4)c(C(F)(F)F)n2)c2ccc(O[C@H]3CC[C@H](N4CC(F)(F)C4)CC3)cc21. The summed E-state index contributed by atoms with van der Waals surface area (Å²) in [6, 6.07) is 7.72. The van der Waals surface area contributed by atoms with Crippen molar-refractivity contribution in [3.05, 3.63) is 47.8 Å². The third-order valence-electron chi connectivity index (χ3n) is 11.8. The first-order chi connectivity index (χ1) is 24.6. The number of carboxylic acids is 1. The van der Waals surface area contributed by atoms with Gasteiger partial charge in [0, 0.05) is 36.4 Å². The Morgan fingerprint density at radius 1 is 1.08 bits per heavy atom. The lowest BCUT2D eigenvalue weighted by Gasteiger charge is -2.46. The zero-order valence-electron chi connectivity index (χ0n) is 29.5. The fourth-order valence-corrected chi connectivity index (χ4v) is 9.41. The normalized spacial score (nSPS) is 29.4. The summed E-state index contributed by atoms with van der Waals surface area (Å²) in [5.41, 5.74) is -2.65. The highest BCUT2D eigenvalue weighted by Gasteiger charge is 2.56. The van der Waals surface area contributed by atoms with Crippen LogP contribution in [0.1, 0.15) is 87.3 Å². The van der Waals surface area contributed by atoms with Crippen molar-refractivity contribution in [2.45, 2.75) is 101 Å². The van der Waals surface area contributed by atoms with Crippen LogP contribution in [0.25, 0.3) is 22.2 Å². The Bertz CT molecular complexity index is 1830. The number of nitrogens with zero attached hydrogens (tertiary/aromatic N) is 3. The van der Waals surface area contributed by atoms with Crippen LogP contribution in [0.2, 0.25) is 0 Å². The molecule has 4 unspecified atom stereocenters. The number of hydrogen-bond donors (Lipinski definition) is 2. The maximum Gasteiger partial charge on any atom is 0.434 e. The van der Waals surface area contributed by atoms with E-state index < -0.39 is 40.8 Å². The van der Waals surface area contributed by atoms with E-state index in [2.05, 4.69) is 10.3 Å². The molecule has 1 saturated heterocycles. The van der Waals surface area contributed by atoms with Gasteiger partial charge in [-0.1, -0.05) is 6.92 Å². The van der Waals surface area contributed by atoms with E-state index in [0.717, 1.165) is 38.2 Å². The number of fused-ring (bicyclic) bond motifs is 3. The number of hydrogen-bond acceptors (Lipinski definition) is 6. The first kappa shape index (κ1) is 36.6. The van der Waals surface area contributed by atoms with Gasteiger partial charge in [-0.25, -0.2) is 18.6 Å². The first-order valence-corrected chi connectivity index (χ1v) is 18.1. The number of likely N-dealkylation sites (tertiary alicyclic amines) is 1. The van der Waals surface area contributed by atoms with Crippen molar-refractivity contribution in [3.8, 4) is 17.0 Å². The lowest BCUT2D eigenvalue weighted by molar-refractivity contribution is -0.151. The van der Waals surface area contributed by atoms with Crippen molar-refractivity contribution in [1.82, 2.24) is 19.8 Å². The predicted molar refractivity (Wildman–Crippen MR) is 182 cm³/mol. The molecule has 282 valence electrons. The highest BCUT2D eigenvalue weighted by molar-refractivity contribution is 6.00. The quantitative estimate of drug-likeness (QED) is 0.207. The van der Waals surface area contributed by atoms with Crippen LogP contribution in [0.5, 0.6) is 5.75 Å². The molecule has 52 heavy (non-hydrogen) atoms. The second kappa shape index (κ2) is 13.6. The van der Waals surface area contributed by atoms with Gasteiger partial charge in [0.2, 0.25) is 0 Å². The molecular weight excluding hydrogens is 687 g/mol. The van der Waals surface area contributed by atoms with Crippen molar-refractivity contribution >= 4 is 22.8 Å². The van der Waals surface area contributed by atoms with E-state index in [4.69, 9.17) is 9.47 Å². The summed E-state index contributed by atoms with van der Waals surface area (Å²) >= 11 is 0. The second-order valence-corrected chi connectivity index (χ2v) is 15.6. The maximum absolute atomic E-state index is 14.7. The number of benzene rings is 1. The van der Waals surface area contributed by atoms with Crippen molar-refractivity contribution < 1.29 is 46.1 Å². The second-order valence-electron chi connectivity index (χ2n) is 15.6. The number of halogens is 5. The number of aliphatic carboxylic acids is 1. The summed E-state index contributed by atoms with van der Waals surface area (Å²) in [7, 11) is 1.56. The molecule has 5 atom stereocenters. The molecule has 2 N–H and O–H groups in total. The van der Waals surface area contributed by atoms with Gasteiger partial charge in [-0.15, -0.1) is 0 Å². The standard InChI is InChI=1S/C38H45F5N4O5/c1-21-12-23-14-24(13-21)37(16-23,35(49)50)45-34(48)29-10-11-31(44-33(29)38(41,42)43)30-17-47(22(2)18-51-3)32-15-27(8-9-28(30)32)52-26-6-4-25(5-7-26)46-19-36(39,40)20-46/h8-11,15,17,21-26H,4-7,12-14,16,18-20H2,1-3H3,(H,45,48)(H,49,50)/t21?,22-,23?,24?,25-,26-,37?/m1/s1. The Hall–Kier alpha value is -3.78. The fraction of sp³-hybridized carbons (Fsp3) is 0.605. The zero-order chi connectivity index (χ0) is 37.2. The molecular formula is C38H45F5N4O5. The van der Waals surface area contributed by atoms with Gasteiger partial charge in [0.15, 0.2) is 5.69 Å². The molecule has 3 saturated carbocycles. The molecule has 2 aromatic heterocycles. The Labute approximate surface area is 298 Å². The van der Waals surface area contributed by atoms with Gasteiger partial charge in [-0.3, -0.25) is 9.69 Å². The topological polar surface area (TPSA) is 106 Å². The molecule has 1 aliphatic heterocycles. The van der Waals surface area contributed by atoms with Crippen LogP contribution >= 0.6 is 0 Å². The van der Waals surface area contributed by atoms with Crippen molar-refractivity contribution in [1.29, 1.82) is 0 Å². The van der Waals surface area contributed by atoms with Gasteiger partial charge < -0.3 is 24.5 Å². The molecule has 2 bridgehead atoms. The number of rotatable bonds is 10. The number of carboxylic acid groups (broad SMARTS) is 1. The van der Waals surface area contributed by atoms with Crippen LogP contribution in [0, 0.1) is 17.8 Å². The van der Waals surface area contributed by atoms with Crippen LogP contribution in [0.3, 0.4) is 0 Å². The molecule has 1 amide bonds. The number of amides is 1. The lowest BCUT2D eigenvalue weighted by atomic mass is 9.78. The van der Waals surface area contributed by atoms with E-state index in [1.807, 2.05) is 29.4 Å². The predicted octanol–water partition coefficient (Wildman–Crippen LogP) is 7.58. The zero-order valence-corrected chi connectivity index (χ0v) is 29.5. The number of alkyl halides is 5. The van der Waals surface area contributed by atoms with Crippen molar-refractivity contribution in [3.63, 3.8) is 0 Å². The molecule has 3 heterocycles. The van der Waals surface area contributed by atoms with Crippen molar-refractivity contribution in [2.24, 2.45) is 17.8 Å². The third-order valence-corrected chi connectivity index (χ3v) is 11.8. The number of carbonyl (C=O) groups excluding carboxylic acids is 1. The minimum Gasteiger partial charge on any atom is -0.490 e. The summed E-state index contributed by atoms with van der Waals surface area (Å²) in [5.74, 6) is -4.38. The number of pyridine rings is 1. The van der Waals surface area contributed by atoms with E-state index >= 15 is 0 Å². The van der Waals surface area contributed by atoms with Crippen LogP contribution in [0.4, 0.5) is 22.0 Å². The average Bonchev–Trinajstić information content (AvgIpc) is 3.57. The third kappa shape index (κ3) is 6.88. The van der Waals surface area contributed by atoms with Crippen LogP contribution < -0.4 is 10.1 Å². The van der Waals surface area contributed by atoms with Crippen molar-refractivity contribution in [2.75, 3.05) is 26.8 Å². The number of aromatic nitrogens is 2. The fourth-order valence-electron chi connectivity index (χ4n) is 9.41. The van der Waals surface area contributed by atoms with Gasteiger partial charge in [0.1, 0.15) is 11.3 Å². The smallest absolute Gasteiger partial charge is 0.434 e. The highest BCUT2D eigenvalue weighted by Crippen LogP contribution is 2.51. The molecule has 0 spiro atoms.